The van der Waals surface area contributed by atoms with Gasteiger partial charge in [-0.15, -0.1) is 0 Å². The molecule has 0 aliphatic carbocycles. The van der Waals surface area contributed by atoms with Crippen molar-refractivity contribution in [1.82, 2.24) is 14.9 Å². The number of pyridine rings is 1. The van der Waals surface area contributed by atoms with Gasteiger partial charge in [0.05, 0.1) is 11.9 Å². The third-order valence-corrected chi connectivity index (χ3v) is 5.61. The molecule has 0 atom stereocenters. The Kier molecular flexibility index (Phi) is 5.13. The lowest BCUT2D eigenvalue weighted by atomic mass is 9.88. The Bertz CT molecular complexity index is 972. The normalized spacial score (nSPS) is 16.0. The monoisotopic (exact) mass is 380 g/mol. The SMILES string of the molecule is CC(C)N1CCC(c2ccc3[nH]c(C(=O)Nc4ccc(F)nc4)cc3c2)CC1. The number of carbonyl (C=O) groups excluding carboxylic acids is 1. The maximum Gasteiger partial charge on any atom is 0.272 e. The molecule has 1 aliphatic heterocycles. The molecule has 2 N–H and O–H groups in total. The fourth-order valence-corrected chi connectivity index (χ4v) is 3.92. The third kappa shape index (κ3) is 3.92. The summed E-state index contributed by atoms with van der Waals surface area (Å²) in [6.07, 6.45) is 3.63. The third-order valence-electron chi connectivity index (χ3n) is 5.61. The largest absolute Gasteiger partial charge is 0.351 e. The van der Waals surface area contributed by atoms with Crippen LogP contribution in [0.1, 0.15) is 48.7 Å². The van der Waals surface area contributed by atoms with Gasteiger partial charge in [0, 0.05) is 16.9 Å². The number of anilines is 1. The smallest absolute Gasteiger partial charge is 0.272 e. The first-order valence-corrected chi connectivity index (χ1v) is 9.79. The first-order chi connectivity index (χ1) is 13.5. The van der Waals surface area contributed by atoms with Crippen LogP contribution in [0.5, 0.6) is 0 Å². The molecule has 0 spiro atoms. The molecule has 28 heavy (non-hydrogen) atoms. The van der Waals surface area contributed by atoms with Crippen molar-refractivity contribution in [3.8, 4) is 0 Å². The van der Waals surface area contributed by atoms with Crippen molar-refractivity contribution < 1.29 is 9.18 Å². The molecule has 5 nitrogen and oxygen atoms in total. The van der Waals surface area contributed by atoms with E-state index in [1.807, 2.05) is 6.07 Å². The molecular formula is C22H25FN4O. The fourth-order valence-electron chi connectivity index (χ4n) is 3.92. The molecular weight excluding hydrogens is 355 g/mol. The van der Waals surface area contributed by atoms with E-state index in [0.717, 1.165) is 24.0 Å². The van der Waals surface area contributed by atoms with E-state index in [-0.39, 0.29) is 5.91 Å². The number of hydrogen-bond acceptors (Lipinski definition) is 3. The van der Waals surface area contributed by atoms with E-state index < -0.39 is 5.95 Å². The molecule has 0 unspecified atom stereocenters. The highest BCUT2D eigenvalue weighted by Crippen LogP contribution is 2.31. The van der Waals surface area contributed by atoms with Gasteiger partial charge < -0.3 is 15.2 Å². The molecule has 0 radical (unpaired) electrons. The van der Waals surface area contributed by atoms with Gasteiger partial charge in [-0.05, 0) is 81.6 Å². The van der Waals surface area contributed by atoms with Crippen LogP contribution in [0.15, 0.2) is 42.6 Å². The van der Waals surface area contributed by atoms with Crippen LogP contribution in [0.2, 0.25) is 0 Å². The summed E-state index contributed by atoms with van der Waals surface area (Å²) in [5.74, 6) is -0.274. The Morgan fingerprint density at radius 1 is 1.21 bits per heavy atom. The highest BCUT2D eigenvalue weighted by Gasteiger charge is 2.22. The summed E-state index contributed by atoms with van der Waals surface area (Å²) < 4.78 is 12.9. The fraction of sp³-hybridized carbons (Fsp3) is 0.364. The van der Waals surface area contributed by atoms with Gasteiger partial charge in [-0.3, -0.25) is 4.79 Å². The lowest BCUT2D eigenvalue weighted by Crippen LogP contribution is -2.37. The second-order valence-electron chi connectivity index (χ2n) is 7.76. The minimum atomic E-state index is -0.574. The average molecular weight is 380 g/mol. The van der Waals surface area contributed by atoms with E-state index in [0.29, 0.717) is 23.3 Å². The molecule has 2 aromatic heterocycles. The molecule has 1 fully saturated rings. The number of amides is 1. The zero-order valence-corrected chi connectivity index (χ0v) is 16.2. The van der Waals surface area contributed by atoms with Crippen LogP contribution in [0.4, 0.5) is 10.1 Å². The van der Waals surface area contributed by atoms with Crippen LogP contribution in [-0.4, -0.2) is 39.9 Å². The molecule has 3 aromatic rings. The van der Waals surface area contributed by atoms with Gasteiger partial charge in [-0.2, -0.15) is 4.39 Å². The number of piperidine rings is 1. The molecule has 4 rings (SSSR count). The molecule has 0 bridgehead atoms. The van der Waals surface area contributed by atoms with Gasteiger partial charge in [0.25, 0.3) is 5.91 Å². The van der Waals surface area contributed by atoms with Gasteiger partial charge >= 0.3 is 0 Å². The highest BCUT2D eigenvalue weighted by molar-refractivity contribution is 6.05. The number of nitrogens with one attached hydrogen (secondary N) is 2. The van der Waals surface area contributed by atoms with Crippen molar-refractivity contribution >= 4 is 22.5 Å². The van der Waals surface area contributed by atoms with E-state index >= 15 is 0 Å². The highest BCUT2D eigenvalue weighted by atomic mass is 19.1. The van der Waals surface area contributed by atoms with Crippen molar-refractivity contribution in [3.63, 3.8) is 0 Å². The van der Waals surface area contributed by atoms with Crippen LogP contribution in [0, 0.1) is 5.95 Å². The summed E-state index contributed by atoms with van der Waals surface area (Å²) in [5, 5.41) is 3.77. The molecule has 1 amide bonds. The second-order valence-corrected chi connectivity index (χ2v) is 7.76. The maximum atomic E-state index is 12.9. The molecule has 1 aliphatic rings. The number of H-pyrrole nitrogens is 1. The van der Waals surface area contributed by atoms with Crippen LogP contribution in [-0.2, 0) is 0 Å². The van der Waals surface area contributed by atoms with Crippen LogP contribution >= 0.6 is 0 Å². The number of halogens is 1. The summed E-state index contributed by atoms with van der Waals surface area (Å²) >= 11 is 0. The molecule has 3 heterocycles. The van der Waals surface area contributed by atoms with Gasteiger partial charge in [0.15, 0.2) is 0 Å². The summed E-state index contributed by atoms with van der Waals surface area (Å²) in [4.78, 5) is 21.7. The zero-order chi connectivity index (χ0) is 19.7. The summed E-state index contributed by atoms with van der Waals surface area (Å²) in [6, 6.07) is 11.6. The number of hydrogen-bond donors (Lipinski definition) is 2. The standard InChI is InChI=1S/C22H25FN4O/c1-14(2)27-9-7-15(8-10-27)16-3-5-19-17(11-16)12-20(26-19)22(28)25-18-4-6-21(23)24-13-18/h3-6,11-15,26H,7-10H2,1-2H3,(H,25,28). The summed E-state index contributed by atoms with van der Waals surface area (Å²) in [7, 11) is 0. The number of carbonyl (C=O) groups is 1. The molecule has 1 saturated heterocycles. The van der Waals surface area contributed by atoms with Crippen molar-refractivity contribution in [3.05, 3.63) is 59.8 Å². The van der Waals surface area contributed by atoms with E-state index in [4.69, 9.17) is 0 Å². The van der Waals surface area contributed by atoms with Crippen LogP contribution in [0.25, 0.3) is 10.9 Å². The first-order valence-electron chi connectivity index (χ1n) is 9.79. The average Bonchev–Trinajstić information content (AvgIpc) is 3.13. The first kappa shape index (κ1) is 18.6. The second kappa shape index (κ2) is 7.72. The summed E-state index contributed by atoms with van der Waals surface area (Å²) in [5.41, 5.74) is 3.21. The van der Waals surface area contributed by atoms with Crippen molar-refractivity contribution in [2.45, 2.75) is 38.6 Å². The number of nitrogens with zero attached hydrogens (tertiary/aromatic N) is 2. The Balaban J connectivity index is 1.49. The lowest BCUT2D eigenvalue weighted by molar-refractivity contribution is 0.102. The van der Waals surface area contributed by atoms with E-state index in [9.17, 15) is 9.18 Å². The quantitative estimate of drug-likeness (QED) is 0.653. The van der Waals surface area contributed by atoms with Crippen molar-refractivity contribution in [2.24, 2.45) is 0 Å². The van der Waals surface area contributed by atoms with Gasteiger partial charge in [0.1, 0.15) is 5.69 Å². The van der Waals surface area contributed by atoms with Crippen LogP contribution in [0.3, 0.4) is 0 Å². The Morgan fingerprint density at radius 3 is 2.68 bits per heavy atom. The number of likely N-dealkylation sites (tertiary alicyclic amines) is 1. The Labute approximate surface area is 164 Å². The molecule has 6 heteroatoms. The molecule has 146 valence electrons. The number of fused-ring (bicyclic) bond motifs is 1. The minimum Gasteiger partial charge on any atom is -0.351 e. The molecule has 0 saturated carbocycles. The van der Waals surface area contributed by atoms with E-state index in [1.54, 1.807) is 0 Å². The number of benzene rings is 1. The van der Waals surface area contributed by atoms with Crippen LogP contribution < -0.4 is 5.32 Å². The Morgan fingerprint density at radius 2 is 2.00 bits per heavy atom. The predicted molar refractivity (Wildman–Crippen MR) is 109 cm³/mol. The summed E-state index contributed by atoms with van der Waals surface area (Å²) in [6.45, 7) is 6.77. The number of aromatic amines is 1. The number of aromatic nitrogens is 2. The molecule has 1 aromatic carbocycles. The van der Waals surface area contributed by atoms with Crippen molar-refractivity contribution in [1.29, 1.82) is 0 Å². The predicted octanol–water partition coefficient (Wildman–Crippen LogP) is 4.54. The van der Waals surface area contributed by atoms with Gasteiger partial charge in [-0.25, -0.2) is 4.98 Å². The van der Waals surface area contributed by atoms with Gasteiger partial charge in [-0.1, -0.05) is 6.07 Å². The Hall–Kier alpha value is -2.73. The van der Waals surface area contributed by atoms with Crippen molar-refractivity contribution in [2.75, 3.05) is 18.4 Å². The maximum absolute atomic E-state index is 12.9. The topological polar surface area (TPSA) is 61.0 Å². The lowest BCUT2D eigenvalue weighted by Gasteiger charge is -2.34. The number of rotatable bonds is 4. The van der Waals surface area contributed by atoms with Gasteiger partial charge in [0.2, 0.25) is 5.95 Å². The zero-order valence-electron chi connectivity index (χ0n) is 16.2. The van der Waals surface area contributed by atoms with E-state index in [2.05, 4.69) is 52.2 Å². The minimum absolute atomic E-state index is 0.267. The van der Waals surface area contributed by atoms with E-state index in [1.165, 1.54) is 36.7 Å².